The van der Waals surface area contributed by atoms with Crippen molar-refractivity contribution in [3.8, 4) is 5.69 Å². The third-order valence-electron chi connectivity index (χ3n) is 4.90. The van der Waals surface area contributed by atoms with Crippen molar-refractivity contribution in [2.75, 3.05) is 39.5 Å². The van der Waals surface area contributed by atoms with Crippen LogP contribution in [0.1, 0.15) is 31.7 Å². The van der Waals surface area contributed by atoms with Crippen LogP contribution in [0.5, 0.6) is 0 Å². The molecule has 29 heavy (non-hydrogen) atoms. The van der Waals surface area contributed by atoms with E-state index in [2.05, 4.69) is 34.8 Å². The molecule has 1 saturated heterocycles. The van der Waals surface area contributed by atoms with Gasteiger partial charge in [0.25, 0.3) is 0 Å². The number of aromatic nitrogens is 2. The molecule has 1 fully saturated rings. The number of aliphatic imine (C=N–C) groups is 1. The lowest BCUT2D eigenvalue weighted by Gasteiger charge is -2.21. The number of hydrogen-bond acceptors (Lipinski definition) is 4. The average Bonchev–Trinajstić information content (AvgIpc) is 3.30. The molecule has 0 saturated carbocycles. The molecule has 158 valence electrons. The van der Waals surface area contributed by atoms with E-state index in [0.717, 1.165) is 76.0 Å². The maximum absolute atomic E-state index is 5.83. The van der Waals surface area contributed by atoms with Crippen molar-refractivity contribution in [3.63, 3.8) is 0 Å². The van der Waals surface area contributed by atoms with Gasteiger partial charge in [-0.25, -0.2) is 9.67 Å². The molecule has 1 aromatic carbocycles. The Balaban J connectivity index is 1.39. The fourth-order valence-electron chi connectivity index (χ4n) is 3.28. The summed E-state index contributed by atoms with van der Waals surface area (Å²) in [5.41, 5.74) is 2.19. The van der Waals surface area contributed by atoms with Crippen LogP contribution in [0.2, 0.25) is 0 Å². The molecule has 7 nitrogen and oxygen atoms in total. The second-order valence-electron chi connectivity index (χ2n) is 7.23. The standard InChI is InChI=1S/C22H33N5O2/c1-2-23-22(24-10-5-13-29-18-19-8-14-28-15-9-19)25-17-20-6-3-7-21(16-20)27-12-4-11-26-27/h3-4,6-7,11-12,16,19H,2,5,8-10,13-15,17-18H2,1H3,(H2,23,24,25). The van der Waals surface area contributed by atoms with Gasteiger partial charge in [0.1, 0.15) is 0 Å². The summed E-state index contributed by atoms with van der Waals surface area (Å²) >= 11 is 0. The molecule has 0 aliphatic carbocycles. The first-order chi connectivity index (χ1) is 14.3. The van der Waals surface area contributed by atoms with Gasteiger partial charge in [0.05, 0.1) is 12.2 Å². The maximum Gasteiger partial charge on any atom is 0.191 e. The van der Waals surface area contributed by atoms with Crippen LogP contribution in [-0.4, -0.2) is 55.3 Å². The highest BCUT2D eigenvalue weighted by atomic mass is 16.5. The van der Waals surface area contributed by atoms with Gasteiger partial charge in [-0.1, -0.05) is 12.1 Å². The topological polar surface area (TPSA) is 72.7 Å². The quantitative estimate of drug-likeness (QED) is 0.365. The summed E-state index contributed by atoms with van der Waals surface area (Å²) in [4.78, 5) is 4.71. The lowest BCUT2D eigenvalue weighted by atomic mass is 10.0. The van der Waals surface area contributed by atoms with Crippen LogP contribution in [0.15, 0.2) is 47.7 Å². The third kappa shape index (κ3) is 7.51. The Kier molecular flexibility index (Phi) is 9.00. The van der Waals surface area contributed by atoms with Crippen molar-refractivity contribution in [1.82, 2.24) is 20.4 Å². The van der Waals surface area contributed by atoms with Gasteiger partial charge < -0.3 is 20.1 Å². The van der Waals surface area contributed by atoms with Crippen molar-refractivity contribution < 1.29 is 9.47 Å². The van der Waals surface area contributed by atoms with E-state index < -0.39 is 0 Å². The van der Waals surface area contributed by atoms with Crippen molar-refractivity contribution in [2.45, 2.75) is 32.7 Å². The molecule has 3 rings (SSSR count). The number of ether oxygens (including phenoxy) is 2. The SMILES string of the molecule is CCNC(=NCc1cccc(-n2cccn2)c1)NCCCOCC1CCOCC1. The summed E-state index contributed by atoms with van der Waals surface area (Å²) in [5.74, 6) is 1.49. The van der Waals surface area contributed by atoms with Gasteiger partial charge in [-0.15, -0.1) is 0 Å². The number of rotatable bonds is 10. The molecule has 1 aliphatic rings. The van der Waals surface area contributed by atoms with Crippen LogP contribution in [0, 0.1) is 5.92 Å². The zero-order valence-corrected chi connectivity index (χ0v) is 17.3. The fraction of sp³-hybridized carbons (Fsp3) is 0.545. The molecule has 1 aliphatic heterocycles. The second-order valence-corrected chi connectivity index (χ2v) is 7.23. The van der Waals surface area contributed by atoms with Crippen molar-refractivity contribution >= 4 is 5.96 Å². The summed E-state index contributed by atoms with van der Waals surface area (Å²) in [7, 11) is 0. The normalized spacial score (nSPS) is 15.4. The van der Waals surface area contributed by atoms with Gasteiger partial charge in [-0.2, -0.15) is 5.10 Å². The van der Waals surface area contributed by atoms with Crippen molar-refractivity contribution in [3.05, 3.63) is 48.3 Å². The highest BCUT2D eigenvalue weighted by Gasteiger charge is 2.13. The van der Waals surface area contributed by atoms with Gasteiger partial charge in [-0.3, -0.25) is 0 Å². The van der Waals surface area contributed by atoms with Gasteiger partial charge in [-0.05, 0) is 55.9 Å². The minimum absolute atomic E-state index is 0.616. The number of hydrogen-bond donors (Lipinski definition) is 2. The van der Waals surface area contributed by atoms with E-state index in [1.165, 1.54) is 0 Å². The summed E-state index contributed by atoms with van der Waals surface area (Å²) < 4.78 is 13.1. The molecule has 0 unspecified atom stereocenters. The Hall–Kier alpha value is -2.38. The molecular weight excluding hydrogens is 366 g/mol. The Bertz CT molecular complexity index is 727. The number of nitrogens with one attached hydrogen (secondary N) is 2. The summed E-state index contributed by atoms with van der Waals surface area (Å²) in [6.07, 6.45) is 6.93. The number of nitrogens with zero attached hydrogens (tertiary/aromatic N) is 3. The van der Waals surface area contributed by atoms with E-state index in [1.54, 1.807) is 6.20 Å². The van der Waals surface area contributed by atoms with E-state index in [9.17, 15) is 0 Å². The van der Waals surface area contributed by atoms with E-state index in [-0.39, 0.29) is 0 Å². The first-order valence-corrected chi connectivity index (χ1v) is 10.6. The highest BCUT2D eigenvalue weighted by Crippen LogP contribution is 2.14. The highest BCUT2D eigenvalue weighted by molar-refractivity contribution is 5.79. The first kappa shape index (κ1) is 21.3. The predicted octanol–water partition coefficient (Wildman–Crippen LogP) is 2.76. The summed E-state index contributed by atoms with van der Waals surface area (Å²) in [6, 6.07) is 10.2. The molecular formula is C22H33N5O2. The maximum atomic E-state index is 5.83. The smallest absolute Gasteiger partial charge is 0.191 e. The molecule has 2 heterocycles. The van der Waals surface area contributed by atoms with Crippen LogP contribution in [0.25, 0.3) is 5.69 Å². The molecule has 0 radical (unpaired) electrons. The van der Waals surface area contributed by atoms with Crippen LogP contribution < -0.4 is 10.6 Å². The molecule has 1 aromatic heterocycles. The molecule has 0 spiro atoms. The zero-order valence-electron chi connectivity index (χ0n) is 17.3. The van der Waals surface area contributed by atoms with Crippen LogP contribution in [0.3, 0.4) is 0 Å². The molecule has 0 amide bonds. The van der Waals surface area contributed by atoms with Crippen LogP contribution in [0.4, 0.5) is 0 Å². The Morgan fingerprint density at radius 2 is 2.17 bits per heavy atom. The van der Waals surface area contributed by atoms with E-state index in [1.807, 2.05) is 29.1 Å². The Morgan fingerprint density at radius 1 is 1.28 bits per heavy atom. The summed E-state index contributed by atoms with van der Waals surface area (Å²) in [5, 5.41) is 11.0. The van der Waals surface area contributed by atoms with Gasteiger partial charge in [0.15, 0.2) is 5.96 Å². The van der Waals surface area contributed by atoms with Crippen molar-refractivity contribution in [1.29, 1.82) is 0 Å². The fourth-order valence-corrected chi connectivity index (χ4v) is 3.28. The lowest BCUT2D eigenvalue weighted by molar-refractivity contribution is 0.0203. The van der Waals surface area contributed by atoms with Crippen LogP contribution in [-0.2, 0) is 16.0 Å². The largest absolute Gasteiger partial charge is 0.381 e. The van der Waals surface area contributed by atoms with Crippen LogP contribution >= 0.6 is 0 Å². The molecule has 0 atom stereocenters. The predicted molar refractivity (Wildman–Crippen MR) is 115 cm³/mol. The van der Waals surface area contributed by atoms with Gasteiger partial charge >= 0.3 is 0 Å². The number of guanidine groups is 1. The average molecular weight is 400 g/mol. The van der Waals surface area contributed by atoms with E-state index in [4.69, 9.17) is 14.5 Å². The Labute approximate surface area is 173 Å². The molecule has 2 aromatic rings. The summed E-state index contributed by atoms with van der Waals surface area (Å²) in [6.45, 7) is 7.75. The van der Waals surface area contributed by atoms with Gasteiger partial charge in [0, 0.05) is 51.9 Å². The third-order valence-corrected chi connectivity index (χ3v) is 4.90. The van der Waals surface area contributed by atoms with Gasteiger partial charge in [0.2, 0.25) is 0 Å². The minimum Gasteiger partial charge on any atom is -0.381 e. The zero-order chi connectivity index (χ0) is 20.2. The van der Waals surface area contributed by atoms with E-state index >= 15 is 0 Å². The van der Waals surface area contributed by atoms with Crippen molar-refractivity contribution in [2.24, 2.45) is 10.9 Å². The first-order valence-electron chi connectivity index (χ1n) is 10.6. The minimum atomic E-state index is 0.616. The molecule has 2 N–H and O–H groups in total. The molecule has 0 bridgehead atoms. The molecule has 7 heteroatoms. The number of benzene rings is 1. The van der Waals surface area contributed by atoms with E-state index in [0.29, 0.717) is 12.5 Å². The second kappa shape index (κ2) is 12.2. The lowest BCUT2D eigenvalue weighted by Crippen LogP contribution is -2.38. The Morgan fingerprint density at radius 3 is 2.97 bits per heavy atom. The monoisotopic (exact) mass is 399 g/mol.